The molecule has 0 saturated carbocycles. The van der Waals surface area contributed by atoms with Crippen LogP contribution in [-0.4, -0.2) is 50.0 Å². The number of carbonyl (C=O) groups excluding carboxylic acids is 1. The number of ether oxygens (including phenoxy) is 2. The van der Waals surface area contributed by atoms with Crippen molar-refractivity contribution in [1.29, 1.82) is 0 Å². The molecule has 0 aliphatic carbocycles. The van der Waals surface area contributed by atoms with Crippen molar-refractivity contribution in [3.05, 3.63) is 42.2 Å². The Morgan fingerprint density at radius 1 is 1.18 bits per heavy atom. The average molecular weight is 401 g/mol. The van der Waals surface area contributed by atoms with E-state index in [-0.39, 0.29) is 30.1 Å². The summed E-state index contributed by atoms with van der Waals surface area (Å²) < 4.78 is 38.8. The Morgan fingerprint density at radius 2 is 1.96 bits per heavy atom. The SMILES string of the molecule is C[C@H]1[C@H]2C(=O)N(C)c3ccncc3[C@H]2CN1S(=O)(=O)c1ccc2c(c1)OCO2. The Bertz CT molecular complexity index is 1090. The molecule has 4 heterocycles. The summed E-state index contributed by atoms with van der Waals surface area (Å²) in [5.74, 6) is 0.214. The van der Waals surface area contributed by atoms with Crippen LogP contribution in [0.2, 0.25) is 0 Å². The lowest BCUT2D eigenvalue weighted by Crippen LogP contribution is -2.44. The van der Waals surface area contributed by atoms with Gasteiger partial charge in [-0.3, -0.25) is 9.78 Å². The molecule has 1 aromatic carbocycles. The van der Waals surface area contributed by atoms with Crippen molar-refractivity contribution in [3.8, 4) is 11.5 Å². The van der Waals surface area contributed by atoms with E-state index in [1.54, 1.807) is 43.4 Å². The zero-order valence-electron chi connectivity index (χ0n) is 15.4. The maximum absolute atomic E-state index is 13.4. The van der Waals surface area contributed by atoms with Crippen molar-refractivity contribution < 1.29 is 22.7 Å². The number of fused-ring (bicyclic) bond motifs is 4. The van der Waals surface area contributed by atoms with Gasteiger partial charge in [0.1, 0.15) is 0 Å². The number of nitrogens with zero attached hydrogens (tertiary/aromatic N) is 3. The third-order valence-electron chi connectivity index (χ3n) is 5.94. The highest BCUT2D eigenvalue weighted by atomic mass is 32.2. The molecule has 9 heteroatoms. The van der Waals surface area contributed by atoms with Crippen LogP contribution in [0.25, 0.3) is 0 Å². The van der Waals surface area contributed by atoms with Crippen LogP contribution in [0.3, 0.4) is 0 Å². The minimum atomic E-state index is -3.80. The van der Waals surface area contributed by atoms with Crippen molar-refractivity contribution in [2.75, 3.05) is 25.3 Å². The smallest absolute Gasteiger partial charge is 0.243 e. The molecule has 1 fully saturated rings. The molecule has 1 saturated heterocycles. The summed E-state index contributed by atoms with van der Waals surface area (Å²) in [6.45, 7) is 2.11. The first-order chi connectivity index (χ1) is 13.4. The first-order valence-corrected chi connectivity index (χ1v) is 10.5. The number of sulfonamides is 1. The molecule has 0 spiro atoms. The largest absolute Gasteiger partial charge is 0.454 e. The first kappa shape index (κ1) is 17.4. The van der Waals surface area contributed by atoms with E-state index in [2.05, 4.69) is 4.98 Å². The summed E-state index contributed by atoms with van der Waals surface area (Å²) in [6.07, 6.45) is 3.38. The Hall–Kier alpha value is -2.65. The van der Waals surface area contributed by atoms with E-state index in [4.69, 9.17) is 9.47 Å². The number of rotatable bonds is 2. The van der Waals surface area contributed by atoms with Gasteiger partial charge in [0.25, 0.3) is 0 Å². The molecule has 3 atom stereocenters. The number of aromatic nitrogens is 1. The molecular formula is C19H19N3O5S. The van der Waals surface area contributed by atoms with Gasteiger partial charge in [-0.05, 0) is 30.7 Å². The number of amides is 1. The van der Waals surface area contributed by atoms with Crippen molar-refractivity contribution in [2.24, 2.45) is 5.92 Å². The fourth-order valence-corrected chi connectivity index (χ4v) is 6.17. The van der Waals surface area contributed by atoms with Gasteiger partial charge in [0, 0.05) is 49.7 Å². The van der Waals surface area contributed by atoms with Gasteiger partial charge in [-0.25, -0.2) is 8.42 Å². The van der Waals surface area contributed by atoms with Crippen LogP contribution in [0.4, 0.5) is 5.69 Å². The minimum absolute atomic E-state index is 0.0698. The number of hydrogen-bond donors (Lipinski definition) is 0. The Kier molecular flexibility index (Phi) is 3.69. The van der Waals surface area contributed by atoms with Crippen LogP contribution < -0.4 is 14.4 Å². The molecule has 5 rings (SSSR count). The van der Waals surface area contributed by atoms with Crippen LogP contribution in [0.5, 0.6) is 11.5 Å². The summed E-state index contributed by atoms with van der Waals surface area (Å²) in [5, 5.41) is 0. The van der Waals surface area contributed by atoms with Crippen molar-refractivity contribution in [1.82, 2.24) is 9.29 Å². The Balaban J connectivity index is 1.55. The van der Waals surface area contributed by atoms with Gasteiger partial charge >= 0.3 is 0 Å². The molecule has 2 aromatic rings. The second-order valence-electron chi connectivity index (χ2n) is 7.29. The van der Waals surface area contributed by atoms with Gasteiger partial charge in [-0.15, -0.1) is 0 Å². The summed E-state index contributed by atoms with van der Waals surface area (Å²) in [4.78, 5) is 18.9. The lowest BCUT2D eigenvalue weighted by Gasteiger charge is -2.34. The van der Waals surface area contributed by atoms with Gasteiger partial charge in [-0.1, -0.05) is 0 Å². The molecule has 28 heavy (non-hydrogen) atoms. The number of benzene rings is 1. The van der Waals surface area contributed by atoms with E-state index in [1.165, 1.54) is 16.4 Å². The highest BCUT2D eigenvalue weighted by Crippen LogP contribution is 2.47. The first-order valence-electron chi connectivity index (χ1n) is 9.02. The van der Waals surface area contributed by atoms with Crippen molar-refractivity contribution in [3.63, 3.8) is 0 Å². The van der Waals surface area contributed by atoms with Crippen LogP contribution in [0.1, 0.15) is 18.4 Å². The molecule has 8 nitrogen and oxygen atoms in total. The van der Waals surface area contributed by atoms with E-state index in [0.717, 1.165) is 11.3 Å². The normalized spacial score (nSPS) is 26.3. The van der Waals surface area contributed by atoms with E-state index in [9.17, 15) is 13.2 Å². The third-order valence-corrected chi connectivity index (χ3v) is 7.89. The predicted octanol–water partition coefficient (Wildman–Crippen LogP) is 1.58. The van der Waals surface area contributed by atoms with Gasteiger partial charge in [0.2, 0.25) is 22.7 Å². The quantitative estimate of drug-likeness (QED) is 0.759. The lowest BCUT2D eigenvalue weighted by molar-refractivity contribution is -0.123. The highest BCUT2D eigenvalue weighted by molar-refractivity contribution is 7.89. The summed E-state index contributed by atoms with van der Waals surface area (Å²) in [7, 11) is -2.08. The summed E-state index contributed by atoms with van der Waals surface area (Å²) >= 11 is 0. The lowest BCUT2D eigenvalue weighted by atomic mass is 9.81. The molecule has 1 aromatic heterocycles. The molecule has 146 valence electrons. The molecule has 3 aliphatic heterocycles. The Labute approximate surface area is 162 Å². The molecule has 0 bridgehead atoms. The second-order valence-corrected chi connectivity index (χ2v) is 9.18. The van der Waals surface area contributed by atoms with Gasteiger partial charge < -0.3 is 14.4 Å². The van der Waals surface area contributed by atoms with Crippen LogP contribution in [0.15, 0.2) is 41.6 Å². The third kappa shape index (κ3) is 2.29. The van der Waals surface area contributed by atoms with Gasteiger partial charge in [-0.2, -0.15) is 4.31 Å². The maximum atomic E-state index is 13.4. The van der Waals surface area contributed by atoms with Gasteiger partial charge in [0.15, 0.2) is 11.5 Å². The van der Waals surface area contributed by atoms with E-state index in [0.29, 0.717) is 11.5 Å². The summed E-state index contributed by atoms with van der Waals surface area (Å²) in [5.41, 5.74) is 1.70. The van der Waals surface area contributed by atoms with E-state index < -0.39 is 22.0 Å². The highest BCUT2D eigenvalue weighted by Gasteiger charge is 2.52. The maximum Gasteiger partial charge on any atom is 0.243 e. The second kappa shape index (κ2) is 5.92. The number of pyridine rings is 1. The molecule has 0 N–H and O–H groups in total. The summed E-state index contributed by atoms with van der Waals surface area (Å²) in [6, 6.07) is 5.92. The molecule has 3 aliphatic rings. The molecule has 0 unspecified atom stereocenters. The van der Waals surface area contributed by atoms with Crippen molar-refractivity contribution in [2.45, 2.75) is 23.8 Å². The fraction of sp³-hybridized carbons (Fsp3) is 0.368. The van der Waals surface area contributed by atoms with E-state index >= 15 is 0 Å². The fourth-order valence-electron chi connectivity index (χ4n) is 4.48. The minimum Gasteiger partial charge on any atom is -0.454 e. The zero-order valence-corrected chi connectivity index (χ0v) is 16.2. The molecule has 0 radical (unpaired) electrons. The van der Waals surface area contributed by atoms with Crippen LogP contribution >= 0.6 is 0 Å². The molecule has 1 amide bonds. The molecular weight excluding hydrogens is 382 g/mol. The topological polar surface area (TPSA) is 89.0 Å². The average Bonchev–Trinajstić information content (AvgIpc) is 3.30. The van der Waals surface area contributed by atoms with Crippen molar-refractivity contribution >= 4 is 21.6 Å². The van der Waals surface area contributed by atoms with E-state index in [1.807, 2.05) is 0 Å². The number of carbonyl (C=O) groups is 1. The predicted molar refractivity (Wildman–Crippen MR) is 99.8 cm³/mol. The van der Waals surface area contributed by atoms with Crippen LogP contribution in [-0.2, 0) is 14.8 Å². The zero-order chi connectivity index (χ0) is 19.6. The number of anilines is 1. The van der Waals surface area contributed by atoms with Crippen LogP contribution in [0, 0.1) is 5.92 Å². The number of hydrogen-bond acceptors (Lipinski definition) is 6. The Morgan fingerprint density at radius 3 is 2.79 bits per heavy atom. The van der Waals surface area contributed by atoms with Gasteiger partial charge in [0.05, 0.1) is 10.8 Å². The monoisotopic (exact) mass is 401 g/mol. The standard InChI is InChI=1S/C19H19N3O5S/c1-11-18-14(13-8-20-6-5-15(13)21(2)19(18)23)9-22(11)28(24,25)12-3-4-16-17(7-12)27-10-26-16/h3-8,11,14,18H,9-10H2,1-2H3/t11-,14+,18+/m0/s1.